The minimum absolute atomic E-state index is 0.274. The van der Waals surface area contributed by atoms with Crippen LogP contribution in [-0.2, 0) is 19.0 Å². The van der Waals surface area contributed by atoms with E-state index in [1.807, 2.05) is 6.92 Å². The highest BCUT2D eigenvalue weighted by Crippen LogP contribution is 1.94. The molecule has 0 heterocycles. The van der Waals surface area contributed by atoms with E-state index in [1.54, 1.807) is 0 Å². The molecular formula is C10H20O4. The van der Waals surface area contributed by atoms with E-state index in [0.29, 0.717) is 26.4 Å². The summed E-state index contributed by atoms with van der Waals surface area (Å²) >= 11 is 0. The molecule has 0 aromatic heterocycles. The molecule has 0 rings (SSSR count). The van der Waals surface area contributed by atoms with E-state index in [2.05, 4.69) is 11.7 Å². The van der Waals surface area contributed by atoms with Gasteiger partial charge in [0.1, 0.15) is 6.61 Å². The van der Waals surface area contributed by atoms with Crippen molar-refractivity contribution in [1.29, 1.82) is 0 Å². The molecule has 0 aliphatic carbocycles. The van der Waals surface area contributed by atoms with Crippen molar-refractivity contribution in [1.82, 2.24) is 0 Å². The Morgan fingerprint density at radius 2 is 1.86 bits per heavy atom. The first kappa shape index (κ1) is 13.4. The minimum Gasteiger partial charge on any atom is -0.463 e. The van der Waals surface area contributed by atoms with Gasteiger partial charge in [-0.3, -0.25) is 4.79 Å². The van der Waals surface area contributed by atoms with E-state index < -0.39 is 0 Å². The summed E-state index contributed by atoms with van der Waals surface area (Å²) in [6, 6.07) is 0. The van der Waals surface area contributed by atoms with Gasteiger partial charge in [0.25, 0.3) is 0 Å². The number of esters is 1. The average Bonchev–Trinajstić information content (AvgIpc) is 2.15. The average molecular weight is 204 g/mol. The summed E-state index contributed by atoms with van der Waals surface area (Å²) in [7, 11) is 0. The predicted molar refractivity (Wildman–Crippen MR) is 53.2 cm³/mol. The molecule has 4 nitrogen and oxygen atoms in total. The summed E-state index contributed by atoms with van der Waals surface area (Å²) in [5.41, 5.74) is 0. The molecule has 14 heavy (non-hydrogen) atoms. The van der Waals surface area contributed by atoms with Gasteiger partial charge in [0.05, 0.1) is 25.9 Å². The smallest absolute Gasteiger partial charge is 0.302 e. The second kappa shape index (κ2) is 8.97. The van der Waals surface area contributed by atoms with Crippen LogP contribution in [0.5, 0.6) is 0 Å². The zero-order valence-corrected chi connectivity index (χ0v) is 9.25. The molecule has 0 fully saturated rings. The van der Waals surface area contributed by atoms with Gasteiger partial charge in [-0.05, 0) is 13.3 Å². The van der Waals surface area contributed by atoms with Crippen LogP contribution in [0.25, 0.3) is 0 Å². The van der Waals surface area contributed by atoms with Crippen molar-refractivity contribution < 1.29 is 19.0 Å². The standard InChI is InChI=1S/C10H20O4/c1-4-9(2)13-7-5-12-6-8-14-10(3)11/h9H,4-8H2,1-3H3. The largest absolute Gasteiger partial charge is 0.463 e. The molecule has 0 aromatic rings. The van der Waals surface area contributed by atoms with Crippen LogP contribution in [0.1, 0.15) is 27.2 Å². The zero-order valence-electron chi connectivity index (χ0n) is 9.25. The van der Waals surface area contributed by atoms with Crippen LogP contribution in [0.4, 0.5) is 0 Å². The molecule has 0 N–H and O–H groups in total. The Labute approximate surface area is 85.5 Å². The second-order valence-corrected chi connectivity index (χ2v) is 3.04. The molecule has 0 saturated heterocycles. The molecule has 1 unspecified atom stereocenters. The summed E-state index contributed by atoms with van der Waals surface area (Å²) < 4.78 is 15.2. The molecule has 0 radical (unpaired) electrons. The lowest BCUT2D eigenvalue weighted by Crippen LogP contribution is -2.14. The molecule has 4 heteroatoms. The van der Waals surface area contributed by atoms with E-state index in [9.17, 15) is 4.79 Å². The quantitative estimate of drug-likeness (QED) is 0.442. The predicted octanol–water partition coefficient (Wildman–Crippen LogP) is 1.38. The lowest BCUT2D eigenvalue weighted by molar-refractivity contribution is -0.142. The van der Waals surface area contributed by atoms with Crippen LogP contribution in [0.2, 0.25) is 0 Å². The lowest BCUT2D eigenvalue weighted by Gasteiger charge is -2.10. The van der Waals surface area contributed by atoms with Crippen molar-refractivity contribution in [2.75, 3.05) is 26.4 Å². The van der Waals surface area contributed by atoms with Crippen molar-refractivity contribution in [3.8, 4) is 0 Å². The lowest BCUT2D eigenvalue weighted by atomic mass is 10.3. The van der Waals surface area contributed by atoms with Gasteiger partial charge < -0.3 is 14.2 Å². The third-order valence-electron chi connectivity index (χ3n) is 1.74. The van der Waals surface area contributed by atoms with Gasteiger partial charge >= 0.3 is 5.97 Å². The second-order valence-electron chi connectivity index (χ2n) is 3.04. The van der Waals surface area contributed by atoms with Crippen LogP contribution in [0, 0.1) is 0 Å². The van der Waals surface area contributed by atoms with Gasteiger partial charge in [-0.2, -0.15) is 0 Å². The van der Waals surface area contributed by atoms with E-state index in [4.69, 9.17) is 9.47 Å². The third kappa shape index (κ3) is 9.48. The molecular weight excluding hydrogens is 184 g/mol. The minimum atomic E-state index is -0.274. The van der Waals surface area contributed by atoms with Gasteiger partial charge in [-0.1, -0.05) is 6.92 Å². The SMILES string of the molecule is CCC(C)OCCOCCOC(C)=O. The molecule has 1 atom stereocenters. The Hall–Kier alpha value is -0.610. The number of ether oxygens (including phenoxy) is 3. The van der Waals surface area contributed by atoms with Gasteiger partial charge in [-0.25, -0.2) is 0 Å². The normalized spacial score (nSPS) is 12.5. The topological polar surface area (TPSA) is 44.8 Å². The molecule has 0 aliphatic rings. The van der Waals surface area contributed by atoms with E-state index in [1.165, 1.54) is 6.92 Å². The first-order valence-corrected chi connectivity index (χ1v) is 4.99. The molecule has 0 aliphatic heterocycles. The van der Waals surface area contributed by atoms with Crippen LogP contribution in [0.3, 0.4) is 0 Å². The highest BCUT2D eigenvalue weighted by molar-refractivity contribution is 5.65. The Balaban J connectivity index is 3.02. The van der Waals surface area contributed by atoms with Gasteiger partial charge in [0.2, 0.25) is 0 Å². The van der Waals surface area contributed by atoms with E-state index >= 15 is 0 Å². The molecule has 0 saturated carbocycles. The molecule has 0 aromatic carbocycles. The number of rotatable bonds is 8. The summed E-state index contributed by atoms with van der Waals surface area (Å²) in [6.07, 6.45) is 1.29. The van der Waals surface area contributed by atoms with E-state index in [-0.39, 0.29) is 12.1 Å². The maximum atomic E-state index is 10.4. The van der Waals surface area contributed by atoms with Crippen molar-refractivity contribution in [3.05, 3.63) is 0 Å². The number of carbonyl (C=O) groups is 1. The highest BCUT2D eigenvalue weighted by Gasteiger charge is 1.97. The van der Waals surface area contributed by atoms with Crippen molar-refractivity contribution in [3.63, 3.8) is 0 Å². The maximum absolute atomic E-state index is 10.4. The Morgan fingerprint density at radius 1 is 1.21 bits per heavy atom. The van der Waals surface area contributed by atoms with Crippen LogP contribution in [-0.4, -0.2) is 38.5 Å². The summed E-state index contributed by atoms with van der Waals surface area (Å²) in [5.74, 6) is -0.274. The fourth-order valence-corrected chi connectivity index (χ4v) is 0.772. The van der Waals surface area contributed by atoms with Crippen LogP contribution >= 0.6 is 0 Å². The summed E-state index contributed by atoms with van der Waals surface area (Å²) in [5, 5.41) is 0. The van der Waals surface area contributed by atoms with Crippen LogP contribution < -0.4 is 0 Å². The number of hydrogen-bond donors (Lipinski definition) is 0. The van der Waals surface area contributed by atoms with E-state index in [0.717, 1.165) is 6.42 Å². The Kier molecular flexibility index (Phi) is 8.57. The number of carbonyl (C=O) groups excluding carboxylic acids is 1. The monoisotopic (exact) mass is 204 g/mol. The first-order chi connectivity index (χ1) is 6.66. The summed E-state index contributed by atoms with van der Waals surface area (Å²) in [6.45, 7) is 7.37. The fraction of sp³-hybridized carbons (Fsp3) is 0.900. The molecule has 0 bridgehead atoms. The van der Waals surface area contributed by atoms with Crippen molar-refractivity contribution in [2.24, 2.45) is 0 Å². The Morgan fingerprint density at radius 3 is 2.43 bits per heavy atom. The third-order valence-corrected chi connectivity index (χ3v) is 1.74. The zero-order chi connectivity index (χ0) is 10.8. The highest BCUT2D eigenvalue weighted by atomic mass is 16.6. The van der Waals surface area contributed by atoms with Gasteiger partial charge in [0, 0.05) is 6.92 Å². The number of hydrogen-bond acceptors (Lipinski definition) is 4. The van der Waals surface area contributed by atoms with Crippen molar-refractivity contribution in [2.45, 2.75) is 33.3 Å². The van der Waals surface area contributed by atoms with Gasteiger partial charge in [-0.15, -0.1) is 0 Å². The molecule has 84 valence electrons. The van der Waals surface area contributed by atoms with Gasteiger partial charge in [0.15, 0.2) is 0 Å². The van der Waals surface area contributed by atoms with Crippen molar-refractivity contribution >= 4 is 5.97 Å². The maximum Gasteiger partial charge on any atom is 0.302 e. The fourth-order valence-electron chi connectivity index (χ4n) is 0.772. The Bertz CT molecular complexity index is 147. The first-order valence-electron chi connectivity index (χ1n) is 4.99. The molecule has 0 amide bonds. The summed E-state index contributed by atoms with van der Waals surface area (Å²) in [4.78, 5) is 10.4. The van der Waals surface area contributed by atoms with Crippen LogP contribution in [0.15, 0.2) is 0 Å². The molecule has 0 spiro atoms.